The molecule has 0 aliphatic carbocycles. The molecule has 0 bridgehead atoms. The molecule has 0 aromatic heterocycles. The maximum absolute atomic E-state index is 13.1. The molecular weight excluding hydrogens is 345 g/mol. The van der Waals surface area contributed by atoms with E-state index < -0.39 is 21.8 Å². The second-order valence-electron chi connectivity index (χ2n) is 5.22. The van der Waals surface area contributed by atoms with E-state index in [1.165, 1.54) is 36.4 Å². The topological polar surface area (TPSA) is 72.5 Å². The molecule has 1 N–H and O–H groups in total. The first-order valence-corrected chi connectivity index (χ1v) is 9.04. The molecule has 2 aromatic carbocycles. The van der Waals surface area contributed by atoms with Crippen molar-refractivity contribution in [1.29, 1.82) is 0 Å². The summed E-state index contributed by atoms with van der Waals surface area (Å²) in [5.74, 6) is -1.17. The van der Waals surface area contributed by atoms with Gasteiger partial charge in [-0.25, -0.2) is 17.6 Å². The molecule has 0 atom stereocenters. The molecule has 0 saturated heterocycles. The van der Waals surface area contributed by atoms with E-state index in [0.29, 0.717) is 5.56 Å². The number of rotatable bonds is 6. The molecule has 0 aliphatic heterocycles. The van der Waals surface area contributed by atoms with Crippen LogP contribution in [0.2, 0.25) is 0 Å². The van der Waals surface area contributed by atoms with Gasteiger partial charge in [0.2, 0.25) is 0 Å². The van der Waals surface area contributed by atoms with E-state index in [1.54, 1.807) is 19.1 Å². The van der Waals surface area contributed by atoms with Crippen molar-refractivity contribution in [2.24, 2.45) is 0 Å². The SMILES string of the molecule is CCOC(=O)/C(=C/NS(=O)(=O)c1ccc(C)cc1)c1ccc(F)cc1. The van der Waals surface area contributed by atoms with Crippen molar-refractivity contribution < 1.29 is 22.3 Å². The number of carbonyl (C=O) groups excluding carboxylic acids is 1. The van der Waals surface area contributed by atoms with Crippen LogP contribution in [0.4, 0.5) is 4.39 Å². The lowest BCUT2D eigenvalue weighted by Gasteiger charge is -2.09. The molecule has 132 valence electrons. The fourth-order valence-corrected chi connectivity index (χ4v) is 2.92. The van der Waals surface area contributed by atoms with Crippen LogP contribution in [-0.4, -0.2) is 21.0 Å². The van der Waals surface area contributed by atoms with E-state index in [2.05, 4.69) is 4.72 Å². The van der Waals surface area contributed by atoms with Gasteiger partial charge in [0.25, 0.3) is 10.0 Å². The summed E-state index contributed by atoms with van der Waals surface area (Å²) in [6.07, 6.45) is 1.06. The third-order valence-corrected chi connectivity index (χ3v) is 4.66. The molecule has 5 nitrogen and oxygen atoms in total. The van der Waals surface area contributed by atoms with Crippen molar-refractivity contribution in [1.82, 2.24) is 4.72 Å². The lowest BCUT2D eigenvalue weighted by atomic mass is 10.1. The number of halogens is 1. The summed E-state index contributed by atoms with van der Waals surface area (Å²) in [7, 11) is -3.84. The summed E-state index contributed by atoms with van der Waals surface area (Å²) in [6.45, 7) is 3.61. The molecule has 0 heterocycles. The van der Waals surface area contributed by atoms with E-state index in [4.69, 9.17) is 4.74 Å². The van der Waals surface area contributed by atoms with Gasteiger partial charge in [0.1, 0.15) is 5.82 Å². The average molecular weight is 363 g/mol. The molecule has 0 unspecified atom stereocenters. The van der Waals surface area contributed by atoms with Gasteiger partial charge in [-0.2, -0.15) is 0 Å². The predicted molar refractivity (Wildman–Crippen MR) is 92.5 cm³/mol. The van der Waals surface area contributed by atoms with Gasteiger partial charge < -0.3 is 4.74 Å². The summed E-state index contributed by atoms with van der Waals surface area (Å²) in [4.78, 5) is 12.2. The minimum atomic E-state index is -3.84. The number of hydrogen-bond donors (Lipinski definition) is 1. The Morgan fingerprint density at radius 1 is 1.12 bits per heavy atom. The van der Waals surface area contributed by atoms with Crippen LogP contribution in [0, 0.1) is 12.7 Å². The third kappa shape index (κ3) is 4.90. The third-order valence-electron chi connectivity index (χ3n) is 3.34. The molecule has 0 spiro atoms. The van der Waals surface area contributed by atoms with E-state index in [0.717, 1.165) is 11.8 Å². The monoisotopic (exact) mass is 363 g/mol. The first kappa shape index (κ1) is 18.7. The van der Waals surface area contributed by atoms with Crippen LogP contribution in [0.15, 0.2) is 59.6 Å². The molecule has 0 radical (unpaired) electrons. The summed E-state index contributed by atoms with van der Waals surface area (Å²) >= 11 is 0. The summed E-state index contributed by atoms with van der Waals surface area (Å²) < 4.78 is 45.0. The Morgan fingerprint density at radius 2 is 1.72 bits per heavy atom. The fourth-order valence-electron chi connectivity index (χ4n) is 2.02. The van der Waals surface area contributed by atoms with Crippen molar-refractivity contribution in [3.05, 3.63) is 71.7 Å². The van der Waals surface area contributed by atoms with E-state index >= 15 is 0 Å². The number of aryl methyl sites for hydroxylation is 1. The van der Waals surface area contributed by atoms with Crippen LogP contribution in [-0.2, 0) is 19.6 Å². The second kappa shape index (κ2) is 7.94. The van der Waals surface area contributed by atoms with Gasteiger partial charge in [-0.05, 0) is 43.7 Å². The largest absolute Gasteiger partial charge is 0.462 e. The minimum absolute atomic E-state index is 0.0162. The highest BCUT2D eigenvalue weighted by Gasteiger charge is 2.17. The van der Waals surface area contributed by atoms with Gasteiger partial charge in [-0.1, -0.05) is 29.8 Å². The summed E-state index contributed by atoms with van der Waals surface area (Å²) in [5, 5.41) is 0. The molecule has 2 aromatic rings. The van der Waals surface area contributed by atoms with Crippen molar-refractivity contribution in [3.8, 4) is 0 Å². The molecule has 2 rings (SSSR count). The van der Waals surface area contributed by atoms with Crippen molar-refractivity contribution >= 4 is 21.6 Å². The van der Waals surface area contributed by atoms with Crippen LogP contribution in [0.25, 0.3) is 5.57 Å². The van der Waals surface area contributed by atoms with Crippen LogP contribution in [0.3, 0.4) is 0 Å². The van der Waals surface area contributed by atoms with Gasteiger partial charge in [0.05, 0.1) is 17.1 Å². The predicted octanol–water partition coefficient (Wildman–Crippen LogP) is 3.02. The van der Waals surface area contributed by atoms with Gasteiger partial charge in [-0.15, -0.1) is 0 Å². The smallest absolute Gasteiger partial charge is 0.340 e. The number of hydrogen-bond acceptors (Lipinski definition) is 4. The van der Waals surface area contributed by atoms with Crippen molar-refractivity contribution in [2.45, 2.75) is 18.7 Å². The van der Waals surface area contributed by atoms with Crippen molar-refractivity contribution in [2.75, 3.05) is 6.61 Å². The molecule has 0 aliphatic rings. The number of nitrogens with one attached hydrogen (secondary N) is 1. The Bertz CT molecular complexity index is 872. The zero-order valence-corrected chi connectivity index (χ0v) is 14.6. The Hall–Kier alpha value is -2.67. The first-order chi connectivity index (χ1) is 11.8. The summed E-state index contributed by atoms with van der Waals surface area (Å²) in [5.41, 5.74) is 1.25. The number of sulfonamides is 1. The van der Waals surface area contributed by atoms with Crippen LogP contribution in [0.1, 0.15) is 18.1 Å². The molecule has 0 saturated carbocycles. The van der Waals surface area contributed by atoms with Crippen LogP contribution >= 0.6 is 0 Å². The minimum Gasteiger partial charge on any atom is -0.462 e. The molecule has 0 fully saturated rings. The van der Waals surface area contributed by atoms with Crippen molar-refractivity contribution in [3.63, 3.8) is 0 Å². The van der Waals surface area contributed by atoms with Crippen LogP contribution in [0.5, 0.6) is 0 Å². The maximum atomic E-state index is 13.1. The normalized spacial score (nSPS) is 11.9. The quantitative estimate of drug-likeness (QED) is 0.632. The highest BCUT2D eigenvalue weighted by Crippen LogP contribution is 2.17. The molecule has 7 heteroatoms. The summed E-state index contributed by atoms with van der Waals surface area (Å²) in [6, 6.07) is 11.4. The molecule has 25 heavy (non-hydrogen) atoms. The van der Waals surface area contributed by atoms with Gasteiger partial charge in [-0.3, -0.25) is 4.72 Å². The lowest BCUT2D eigenvalue weighted by Crippen LogP contribution is -2.20. The Morgan fingerprint density at radius 3 is 2.28 bits per heavy atom. The van der Waals surface area contributed by atoms with Gasteiger partial charge in [0, 0.05) is 6.20 Å². The number of carbonyl (C=O) groups is 1. The first-order valence-electron chi connectivity index (χ1n) is 7.55. The lowest BCUT2D eigenvalue weighted by molar-refractivity contribution is -0.136. The fraction of sp³-hybridized carbons (Fsp3) is 0.167. The van der Waals surface area contributed by atoms with E-state index in [1.807, 2.05) is 6.92 Å². The maximum Gasteiger partial charge on any atom is 0.340 e. The highest BCUT2D eigenvalue weighted by atomic mass is 32.2. The zero-order valence-electron chi connectivity index (χ0n) is 13.8. The Balaban J connectivity index is 2.35. The van der Waals surface area contributed by atoms with Crippen LogP contribution < -0.4 is 4.72 Å². The molecular formula is C18H18FNO4S. The highest BCUT2D eigenvalue weighted by molar-refractivity contribution is 7.89. The Labute approximate surface area is 146 Å². The number of esters is 1. The van der Waals surface area contributed by atoms with E-state index in [9.17, 15) is 17.6 Å². The standard InChI is InChI=1S/C18H18FNO4S/c1-3-24-18(21)17(14-6-8-15(19)9-7-14)12-20-25(22,23)16-10-4-13(2)5-11-16/h4-12,20H,3H2,1-2H3/b17-12+. The number of benzene rings is 2. The van der Waals surface area contributed by atoms with Gasteiger partial charge >= 0.3 is 5.97 Å². The van der Waals surface area contributed by atoms with Gasteiger partial charge in [0.15, 0.2) is 0 Å². The van der Waals surface area contributed by atoms with E-state index in [-0.39, 0.29) is 17.1 Å². The second-order valence-corrected chi connectivity index (χ2v) is 6.93. The number of ether oxygens (including phenoxy) is 1. The Kier molecular flexibility index (Phi) is 5.93. The average Bonchev–Trinajstić information content (AvgIpc) is 2.57. The molecule has 0 amide bonds. The zero-order chi connectivity index (χ0) is 18.4.